The first kappa shape index (κ1) is 15.3. The quantitative estimate of drug-likeness (QED) is 0.414. The molecule has 0 saturated carbocycles. The Labute approximate surface area is 118 Å². The summed E-state index contributed by atoms with van der Waals surface area (Å²) in [7, 11) is 0. The molecule has 21 heavy (non-hydrogen) atoms. The van der Waals surface area contributed by atoms with Crippen LogP contribution in [-0.4, -0.2) is 33.8 Å². The molecule has 1 heterocycles. The van der Waals surface area contributed by atoms with E-state index in [1.54, 1.807) is 24.3 Å². The first-order valence-corrected chi connectivity index (χ1v) is 5.93. The zero-order valence-electron chi connectivity index (χ0n) is 11.0. The number of amides is 2. The summed E-state index contributed by atoms with van der Waals surface area (Å²) >= 11 is 0. The van der Waals surface area contributed by atoms with Crippen LogP contribution in [0.4, 0.5) is 18.0 Å². The van der Waals surface area contributed by atoms with Gasteiger partial charge in [-0.1, -0.05) is 29.8 Å². The van der Waals surface area contributed by atoms with Crippen molar-refractivity contribution in [3.63, 3.8) is 0 Å². The zero-order valence-corrected chi connectivity index (χ0v) is 11.0. The molecule has 1 aliphatic heterocycles. The van der Waals surface area contributed by atoms with Crippen LogP contribution in [0.3, 0.4) is 0 Å². The second-order valence-corrected chi connectivity index (χ2v) is 4.67. The van der Waals surface area contributed by atoms with Crippen LogP contribution in [0.5, 0.6) is 0 Å². The minimum Gasteiger partial charge on any atom is -0.362 e. The molecule has 9 heteroatoms. The standard InChI is InChI=1S/C12H13F3N4O2/c1-7-2-4-8(5-3-7)9-6-11(21,12(13,14)15)19(18-9)10(20)17-16/h2-5,21H,6,16H2,1H3,(H,17,20). The van der Waals surface area contributed by atoms with E-state index in [1.165, 1.54) is 5.43 Å². The van der Waals surface area contributed by atoms with Crippen LogP contribution in [0.2, 0.25) is 0 Å². The van der Waals surface area contributed by atoms with Crippen molar-refractivity contribution in [3.8, 4) is 0 Å². The van der Waals surface area contributed by atoms with Crippen LogP contribution in [0.1, 0.15) is 17.5 Å². The van der Waals surface area contributed by atoms with Crippen molar-refractivity contribution in [2.45, 2.75) is 25.2 Å². The molecule has 114 valence electrons. The van der Waals surface area contributed by atoms with E-state index in [-0.39, 0.29) is 10.7 Å². The second kappa shape index (κ2) is 5.01. The van der Waals surface area contributed by atoms with E-state index in [0.717, 1.165) is 5.56 Å². The highest BCUT2D eigenvalue weighted by Crippen LogP contribution is 2.41. The van der Waals surface area contributed by atoms with Crippen LogP contribution < -0.4 is 11.3 Å². The van der Waals surface area contributed by atoms with Crippen molar-refractivity contribution in [2.75, 3.05) is 0 Å². The third kappa shape index (κ3) is 2.57. The van der Waals surface area contributed by atoms with Gasteiger partial charge in [0.15, 0.2) is 0 Å². The number of alkyl halides is 3. The predicted molar refractivity (Wildman–Crippen MR) is 67.9 cm³/mol. The van der Waals surface area contributed by atoms with Gasteiger partial charge in [0.2, 0.25) is 0 Å². The number of hydrogen-bond acceptors (Lipinski definition) is 4. The summed E-state index contributed by atoms with van der Waals surface area (Å²) in [6.07, 6.45) is -5.94. The first-order valence-electron chi connectivity index (χ1n) is 5.93. The topological polar surface area (TPSA) is 91.0 Å². The molecule has 0 fully saturated rings. The highest BCUT2D eigenvalue weighted by molar-refractivity contribution is 6.03. The van der Waals surface area contributed by atoms with Crippen molar-refractivity contribution >= 4 is 11.7 Å². The van der Waals surface area contributed by atoms with Gasteiger partial charge in [-0.3, -0.25) is 5.43 Å². The molecule has 2 rings (SSSR count). The number of carbonyl (C=O) groups is 1. The normalized spacial score (nSPS) is 22.2. The van der Waals surface area contributed by atoms with Gasteiger partial charge in [-0.25, -0.2) is 10.6 Å². The Hall–Kier alpha value is -2.13. The largest absolute Gasteiger partial charge is 0.438 e. The summed E-state index contributed by atoms with van der Waals surface area (Å²) in [5, 5.41) is 13.3. The predicted octanol–water partition coefficient (Wildman–Crippen LogP) is 1.24. The van der Waals surface area contributed by atoms with Gasteiger partial charge in [0, 0.05) is 0 Å². The molecule has 1 unspecified atom stereocenters. The van der Waals surface area contributed by atoms with E-state index in [2.05, 4.69) is 5.10 Å². The van der Waals surface area contributed by atoms with Crippen molar-refractivity contribution in [1.29, 1.82) is 0 Å². The molecule has 0 aliphatic carbocycles. The molecule has 1 aliphatic rings. The van der Waals surface area contributed by atoms with Crippen LogP contribution in [0.25, 0.3) is 0 Å². The van der Waals surface area contributed by atoms with Gasteiger partial charge < -0.3 is 5.11 Å². The van der Waals surface area contributed by atoms with Gasteiger partial charge in [0.25, 0.3) is 5.72 Å². The number of nitrogens with zero attached hydrogens (tertiary/aromatic N) is 2. The van der Waals surface area contributed by atoms with Crippen molar-refractivity contribution in [1.82, 2.24) is 10.4 Å². The van der Waals surface area contributed by atoms with E-state index >= 15 is 0 Å². The van der Waals surface area contributed by atoms with Gasteiger partial charge in [-0.05, 0) is 12.5 Å². The van der Waals surface area contributed by atoms with Gasteiger partial charge in [0.05, 0.1) is 12.1 Å². The fraction of sp³-hybridized carbons (Fsp3) is 0.333. The number of halogens is 3. The Morgan fingerprint density at radius 3 is 2.48 bits per heavy atom. The number of urea groups is 1. The maximum Gasteiger partial charge on any atom is 0.438 e. The fourth-order valence-corrected chi connectivity index (χ4v) is 1.95. The zero-order chi connectivity index (χ0) is 15.8. The highest BCUT2D eigenvalue weighted by atomic mass is 19.4. The van der Waals surface area contributed by atoms with E-state index in [9.17, 15) is 23.1 Å². The van der Waals surface area contributed by atoms with Crippen molar-refractivity contribution in [3.05, 3.63) is 35.4 Å². The third-order valence-electron chi connectivity index (χ3n) is 3.14. The molecule has 0 aromatic heterocycles. The lowest BCUT2D eigenvalue weighted by atomic mass is 10.0. The van der Waals surface area contributed by atoms with Crippen LogP contribution in [0, 0.1) is 6.92 Å². The van der Waals surface area contributed by atoms with Gasteiger partial charge in [-0.15, -0.1) is 0 Å². The Balaban J connectivity index is 2.43. The Kier molecular flexibility index (Phi) is 3.64. The molecular weight excluding hydrogens is 289 g/mol. The second-order valence-electron chi connectivity index (χ2n) is 4.67. The molecule has 1 aromatic carbocycles. The van der Waals surface area contributed by atoms with E-state index in [4.69, 9.17) is 5.84 Å². The Morgan fingerprint density at radius 2 is 2.00 bits per heavy atom. The van der Waals surface area contributed by atoms with Gasteiger partial charge in [-0.2, -0.15) is 23.3 Å². The van der Waals surface area contributed by atoms with Gasteiger partial charge >= 0.3 is 12.2 Å². The summed E-state index contributed by atoms with van der Waals surface area (Å²) in [4.78, 5) is 11.4. The molecule has 2 amide bonds. The monoisotopic (exact) mass is 302 g/mol. The van der Waals surface area contributed by atoms with Crippen molar-refractivity contribution in [2.24, 2.45) is 10.9 Å². The van der Waals surface area contributed by atoms with Crippen LogP contribution >= 0.6 is 0 Å². The average Bonchev–Trinajstić information content (AvgIpc) is 2.78. The minimum atomic E-state index is -5.07. The number of hydrogen-bond donors (Lipinski definition) is 3. The smallest absolute Gasteiger partial charge is 0.362 e. The lowest BCUT2D eigenvalue weighted by Gasteiger charge is -2.31. The van der Waals surface area contributed by atoms with E-state index < -0.39 is 24.4 Å². The summed E-state index contributed by atoms with van der Waals surface area (Å²) in [6.45, 7) is 1.82. The number of rotatable bonds is 1. The number of benzene rings is 1. The third-order valence-corrected chi connectivity index (χ3v) is 3.14. The first-order chi connectivity index (χ1) is 9.69. The minimum absolute atomic E-state index is 0.0570. The molecule has 0 saturated heterocycles. The van der Waals surface area contributed by atoms with Crippen LogP contribution in [0.15, 0.2) is 29.4 Å². The number of hydrazone groups is 1. The Bertz CT molecular complexity index is 585. The number of nitrogens with one attached hydrogen (secondary N) is 1. The fourth-order valence-electron chi connectivity index (χ4n) is 1.95. The molecule has 0 bridgehead atoms. The lowest BCUT2D eigenvalue weighted by Crippen LogP contribution is -2.59. The molecule has 0 radical (unpaired) electrons. The van der Waals surface area contributed by atoms with Gasteiger partial charge in [0.1, 0.15) is 0 Å². The molecule has 1 aromatic rings. The van der Waals surface area contributed by atoms with Crippen LogP contribution in [-0.2, 0) is 0 Å². The highest BCUT2D eigenvalue weighted by Gasteiger charge is 2.63. The van der Waals surface area contributed by atoms with E-state index in [1.807, 2.05) is 6.92 Å². The molecular formula is C12H13F3N4O2. The SMILES string of the molecule is Cc1ccc(C2=NN(C(=O)NN)C(O)(C(F)(F)F)C2)cc1. The number of carbonyl (C=O) groups excluding carboxylic acids is 1. The summed E-state index contributed by atoms with van der Waals surface area (Å²) in [5.74, 6) is 4.83. The molecule has 1 atom stereocenters. The van der Waals surface area contributed by atoms with Crippen molar-refractivity contribution < 1.29 is 23.1 Å². The molecule has 4 N–H and O–H groups in total. The number of aryl methyl sites for hydroxylation is 1. The summed E-state index contributed by atoms with van der Waals surface area (Å²) in [6, 6.07) is 5.16. The lowest BCUT2D eigenvalue weighted by molar-refractivity contribution is -0.297. The maximum atomic E-state index is 13.1. The summed E-state index contributed by atoms with van der Waals surface area (Å²) < 4.78 is 39.2. The summed E-state index contributed by atoms with van der Waals surface area (Å²) in [5.41, 5.74) is -0.640. The molecule has 6 nitrogen and oxygen atoms in total. The number of nitrogens with two attached hydrogens (primary N) is 1. The number of aliphatic hydroxyl groups is 1. The number of hydrazine groups is 1. The Morgan fingerprint density at radius 1 is 1.43 bits per heavy atom. The van der Waals surface area contributed by atoms with E-state index in [0.29, 0.717) is 5.56 Å². The average molecular weight is 302 g/mol. The maximum absolute atomic E-state index is 13.1. The molecule has 0 spiro atoms.